The summed E-state index contributed by atoms with van der Waals surface area (Å²) in [5.41, 5.74) is 1.14. The van der Waals surface area contributed by atoms with Crippen LogP contribution in [-0.2, 0) is 0 Å². The van der Waals surface area contributed by atoms with Crippen LogP contribution in [0.1, 0.15) is 15.9 Å². The van der Waals surface area contributed by atoms with Gasteiger partial charge >= 0.3 is 0 Å². The van der Waals surface area contributed by atoms with Crippen LogP contribution in [0.5, 0.6) is 5.75 Å². The fourth-order valence-corrected chi connectivity index (χ4v) is 1.04. The lowest BCUT2D eigenvalue weighted by molar-refractivity contribution is 0.112. The van der Waals surface area contributed by atoms with Gasteiger partial charge in [0.25, 0.3) is 0 Å². The minimum Gasteiger partial charge on any atom is -0.507 e. The van der Waals surface area contributed by atoms with Gasteiger partial charge in [-0.15, -0.1) is 11.6 Å². The second-order valence-electron chi connectivity index (χ2n) is 2.49. The second-order valence-corrected chi connectivity index (χ2v) is 2.80. The number of rotatable bonds is 3. The topological polar surface area (TPSA) is 37.3 Å². The minimum atomic E-state index is 0.145. The van der Waals surface area contributed by atoms with Gasteiger partial charge in [0.1, 0.15) is 12.0 Å². The van der Waals surface area contributed by atoms with Crippen LogP contribution < -0.4 is 0 Å². The summed E-state index contributed by atoms with van der Waals surface area (Å²) >= 11 is 5.44. The van der Waals surface area contributed by atoms with E-state index in [2.05, 4.69) is 0 Å². The minimum absolute atomic E-state index is 0.145. The van der Waals surface area contributed by atoms with E-state index < -0.39 is 0 Å². The fourth-order valence-electron chi connectivity index (χ4n) is 0.951. The van der Waals surface area contributed by atoms with Crippen molar-refractivity contribution in [3.63, 3.8) is 0 Å². The third kappa shape index (κ3) is 2.60. The first-order valence-corrected chi connectivity index (χ1v) is 4.32. The largest absolute Gasteiger partial charge is 0.507 e. The molecule has 0 bridgehead atoms. The zero-order valence-electron chi connectivity index (χ0n) is 6.90. The monoisotopic (exact) mass is 196 g/mol. The third-order valence-corrected chi connectivity index (χ3v) is 1.75. The highest BCUT2D eigenvalue weighted by molar-refractivity contribution is 6.19. The number of hydrogen-bond acceptors (Lipinski definition) is 2. The molecule has 0 radical (unpaired) electrons. The second kappa shape index (κ2) is 4.67. The normalized spacial score (nSPS) is 10.5. The summed E-state index contributed by atoms with van der Waals surface area (Å²) in [6.07, 6.45) is 4.11. The zero-order valence-corrected chi connectivity index (χ0v) is 7.66. The molecule has 0 aromatic heterocycles. The number of phenolic OH excluding ortho intramolecular Hbond substituents is 1. The average Bonchev–Trinajstić information content (AvgIpc) is 2.17. The molecular formula is C10H9ClO2. The Hall–Kier alpha value is -1.28. The van der Waals surface area contributed by atoms with Crippen molar-refractivity contribution in [1.29, 1.82) is 0 Å². The van der Waals surface area contributed by atoms with Gasteiger partial charge < -0.3 is 5.11 Å². The first-order valence-electron chi connectivity index (χ1n) is 3.78. The van der Waals surface area contributed by atoms with E-state index in [1.807, 2.05) is 0 Å². The molecule has 0 unspecified atom stereocenters. The van der Waals surface area contributed by atoms with Crippen LogP contribution in [0.2, 0.25) is 0 Å². The molecule has 1 rings (SSSR count). The number of halogens is 1. The summed E-state index contributed by atoms with van der Waals surface area (Å²) in [5.74, 6) is 0.525. The predicted molar refractivity (Wildman–Crippen MR) is 53.2 cm³/mol. The molecule has 1 N–H and O–H groups in total. The fraction of sp³-hybridized carbons (Fsp3) is 0.100. The average molecular weight is 197 g/mol. The Morgan fingerprint density at radius 3 is 2.85 bits per heavy atom. The van der Waals surface area contributed by atoms with Crippen molar-refractivity contribution in [3.05, 3.63) is 35.4 Å². The summed E-state index contributed by atoms with van der Waals surface area (Å²) in [6.45, 7) is 0. The van der Waals surface area contributed by atoms with Gasteiger partial charge in [0.2, 0.25) is 0 Å². The van der Waals surface area contributed by atoms with Gasteiger partial charge in [0.05, 0.1) is 0 Å². The molecular weight excluding hydrogens is 188 g/mol. The Morgan fingerprint density at radius 1 is 1.46 bits per heavy atom. The van der Waals surface area contributed by atoms with Crippen molar-refractivity contribution >= 4 is 24.0 Å². The Balaban J connectivity index is 3.03. The quantitative estimate of drug-likeness (QED) is 0.596. The number of alkyl halides is 1. The summed E-state index contributed by atoms with van der Waals surface area (Å²) in [4.78, 5) is 10.4. The zero-order chi connectivity index (χ0) is 9.68. The van der Waals surface area contributed by atoms with E-state index in [0.29, 0.717) is 17.0 Å². The maximum absolute atomic E-state index is 10.4. The Morgan fingerprint density at radius 2 is 2.23 bits per heavy atom. The molecule has 68 valence electrons. The van der Waals surface area contributed by atoms with E-state index in [1.165, 1.54) is 6.07 Å². The van der Waals surface area contributed by atoms with Crippen LogP contribution in [0.15, 0.2) is 24.3 Å². The molecule has 0 saturated carbocycles. The molecule has 0 fully saturated rings. The molecule has 0 aliphatic heterocycles. The molecule has 0 atom stereocenters. The maximum atomic E-state index is 10.4. The highest BCUT2D eigenvalue weighted by Gasteiger charge is 1.97. The first kappa shape index (κ1) is 9.81. The van der Waals surface area contributed by atoms with Gasteiger partial charge in [-0.05, 0) is 18.2 Å². The molecule has 0 amide bonds. The highest BCUT2D eigenvalue weighted by atomic mass is 35.5. The predicted octanol–water partition coefficient (Wildman–Crippen LogP) is 2.46. The van der Waals surface area contributed by atoms with E-state index in [1.54, 1.807) is 24.3 Å². The number of carbonyl (C=O) groups is 1. The number of benzene rings is 1. The summed E-state index contributed by atoms with van der Waals surface area (Å²) in [5, 5.41) is 9.35. The molecule has 2 nitrogen and oxygen atoms in total. The molecule has 0 spiro atoms. The molecule has 0 heterocycles. The SMILES string of the molecule is O=Cc1ccc(O)c(C=CCCl)c1. The van der Waals surface area contributed by atoms with Gasteiger partial charge in [-0.1, -0.05) is 12.2 Å². The van der Waals surface area contributed by atoms with E-state index in [9.17, 15) is 9.90 Å². The van der Waals surface area contributed by atoms with Gasteiger partial charge in [-0.3, -0.25) is 4.79 Å². The van der Waals surface area contributed by atoms with Crippen molar-refractivity contribution in [2.24, 2.45) is 0 Å². The van der Waals surface area contributed by atoms with E-state index in [-0.39, 0.29) is 5.75 Å². The lowest BCUT2D eigenvalue weighted by Gasteiger charge is -1.98. The molecule has 1 aromatic carbocycles. The highest BCUT2D eigenvalue weighted by Crippen LogP contribution is 2.19. The van der Waals surface area contributed by atoms with Crippen molar-refractivity contribution in [3.8, 4) is 5.75 Å². The standard InChI is InChI=1S/C10H9ClO2/c11-5-1-2-9-6-8(7-12)3-4-10(9)13/h1-4,6-7,13H,5H2. The molecule has 13 heavy (non-hydrogen) atoms. The van der Waals surface area contributed by atoms with Crippen LogP contribution in [0.4, 0.5) is 0 Å². The van der Waals surface area contributed by atoms with Crippen LogP contribution in [0.25, 0.3) is 6.08 Å². The van der Waals surface area contributed by atoms with E-state index in [4.69, 9.17) is 11.6 Å². The van der Waals surface area contributed by atoms with Gasteiger partial charge in [-0.25, -0.2) is 0 Å². The summed E-state index contributed by atoms with van der Waals surface area (Å²) < 4.78 is 0. The number of hydrogen-bond donors (Lipinski definition) is 1. The summed E-state index contributed by atoms with van der Waals surface area (Å²) in [7, 11) is 0. The maximum Gasteiger partial charge on any atom is 0.150 e. The van der Waals surface area contributed by atoms with Crippen molar-refractivity contribution in [2.75, 3.05) is 5.88 Å². The van der Waals surface area contributed by atoms with Gasteiger partial charge in [0.15, 0.2) is 0 Å². The number of carbonyl (C=O) groups excluding carboxylic acids is 1. The molecule has 1 aromatic rings. The first-order chi connectivity index (χ1) is 6.27. The molecule has 0 aliphatic carbocycles. The van der Waals surface area contributed by atoms with Crippen molar-refractivity contribution < 1.29 is 9.90 Å². The Labute approximate surface area is 81.5 Å². The Bertz CT molecular complexity index is 332. The van der Waals surface area contributed by atoms with Gasteiger partial charge in [0, 0.05) is 17.0 Å². The number of aromatic hydroxyl groups is 1. The van der Waals surface area contributed by atoms with Crippen LogP contribution in [0.3, 0.4) is 0 Å². The van der Waals surface area contributed by atoms with Crippen LogP contribution >= 0.6 is 11.6 Å². The number of allylic oxidation sites excluding steroid dienone is 1. The van der Waals surface area contributed by atoms with Crippen LogP contribution in [-0.4, -0.2) is 17.3 Å². The molecule has 0 aliphatic rings. The third-order valence-electron chi connectivity index (χ3n) is 1.57. The van der Waals surface area contributed by atoms with Crippen LogP contribution in [0, 0.1) is 0 Å². The molecule has 3 heteroatoms. The smallest absolute Gasteiger partial charge is 0.150 e. The van der Waals surface area contributed by atoms with Gasteiger partial charge in [-0.2, -0.15) is 0 Å². The summed E-state index contributed by atoms with van der Waals surface area (Å²) in [6, 6.07) is 4.64. The molecule has 0 saturated heterocycles. The van der Waals surface area contributed by atoms with E-state index in [0.717, 1.165) is 6.29 Å². The lowest BCUT2D eigenvalue weighted by atomic mass is 10.1. The number of aldehydes is 1. The Kier molecular flexibility index (Phi) is 3.53. The van der Waals surface area contributed by atoms with Crippen molar-refractivity contribution in [2.45, 2.75) is 0 Å². The van der Waals surface area contributed by atoms with E-state index >= 15 is 0 Å². The van der Waals surface area contributed by atoms with Crippen molar-refractivity contribution in [1.82, 2.24) is 0 Å². The number of phenols is 1. The lowest BCUT2D eigenvalue weighted by Crippen LogP contribution is -1.81.